The molecule has 1 aliphatic rings. The molecule has 3 aromatic rings. The van der Waals surface area contributed by atoms with E-state index >= 15 is 0 Å². The molecule has 0 unspecified atom stereocenters. The highest BCUT2D eigenvalue weighted by molar-refractivity contribution is 7.91. The molecule has 23 heavy (non-hydrogen) atoms. The summed E-state index contributed by atoms with van der Waals surface area (Å²) < 4.78 is 33.1. The van der Waals surface area contributed by atoms with Gasteiger partial charge >= 0.3 is 0 Å². The van der Waals surface area contributed by atoms with Gasteiger partial charge in [0.2, 0.25) is 15.9 Å². The number of rotatable bonds is 6. The molecular formula is C14H13N3O3S3. The van der Waals surface area contributed by atoms with Crippen LogP contribution in [-0.4, -0.2) is 18.6 Å². The number of hydrogen-bond donors (Lipinski definition) is 1. The van der Waals surface area contributed by atoms with Crippen LogP contribution >= 0.6 is 22.7 Å². The maximum atomic E-state index is 12.3. The van der Waals surface area contributed by atoms with Gasteiger partial charge in [0.05, 0.1) is 4.88 Å². The number of aromatic nitrogens is 2. The molecule has 1 fully saturated rings. The van der Waals surface area contributed by atoms with Crippen LogP contribution in [-0.2, 0) is 16.6 Å². The van der Waals surface area contributed by atoms with Gasteiger partial charge < -0.3 is 4.42 Å². The first-order valence-electron chi connectivity index (χ1n) is 7.07. The van der Waals surface area contributed by atoms with Gasteiger partial charge in [0.15, 0.2) is 0 Å². The first-order valence-corrected chi connectivity index (χ1v) is 10.3. The largest absolute Gasteiger partial charge is 0.420 e. The van der Waals surface area contributed by atoms with E-state index in [1.807, 2.05) is 17.5 Å². The second-order valence-electron chi connectivity index (χ2n) is 5.24. The van der Waals surface area contributed by atoms with Gasteiger partial charge in [-0.25, -0.2) is 13.1 Å². The summed E-state index contributed by atoms with van der Waals surface area (Å²) in [6.07, 6.45) is 2.16. The van der Waals surface area contributed by atoms with Crippen LogP contribution in [0.25, 0.3) is 10.8 Å². The molecule has 0 amide bonds. The van der Waals surface area contributed by atoms with Gasteiger partial charge in [-0.2, -0.15) is 0 Å². The van der Waals surface area contributed by atoms with Crippen molar-refractivity contribution >= 4 is 32.7 Å². The van der Waals surface area contributed by atoms with Crippen molar-refractivity contribution < 1.29 is 12.8 Å². The van der Waals surface area contributed by atoms with Gasteiger partial charge in [0.25, 0.3) is 5.89 Å². The van der Waals surface area contributed by atoms with Crippen molar-refractivity contribution in [2.24, 2.45) is 0 Å². The van der Waals surface area contributed by atoms with Crippen molar-refractivity contribution in [3.05, 3.63) is 40.4 Å². The van der Waals surface area contributed by atoms with Crippen molar-refractivity contribution in [2.45, 2.75) is 29.5 Å². The lowest BCUT2D eigenvalue weighted by Gasteiger charge is -2.02. The van der Waals surface area contributed by atoms with E-state index in [1.165, 1.54) is 11.3 Å². The lowest BCUT2D eigenvalue weighted by atomic mass is 10.4. The molecule has 0 saturated heterocycles. The summed E-state index contributed by atoms with van der Waals surface area (Å²) in [6, 6.07) is 7.06. The summed E-state index contributed by atoms with van der Waals surface area (Å²) in [5, 5.41) is 9.95. The average Bonchev–Trinajstić information content (AvgIpc) is 3.03. The van der Waals surface area contributed by atoms with E-state index in [4.69, 9.17) is 4.42 Å². The average molecular weight is 367 g/mol. The van der Waals surface area contributed by atoms with Crippen LogP contribution in [0.15, 0.2) is 38.3 Å². The van der Waals surface area contributed by atoms with Crippen LogP contribution in [0.4, 0.5) is 0 Å². The van der Waals surface area contributed by atoms with Crippen molar-refractivity contribution in [1.82, 2.24) is 14.9 Å². The van der Waals surface area contributed by atoms with Crippen LogP contribution in [0.1, 0.15) is 29.5 Å². The minimum absolute atomic E-state index is 0.246. The lowest BCUT2D eigenvalue weighted by Crippen LogP contribution is -2.21. The third-order valence-electron chi connectivity index (χ3n) is 3.44. The second-order valence-corrected chi connectivity index (χ2v) is 9.35. The Balaban J connectivity index is 1.51. The van der Waals surface area contributed by atoms with Gasteiger partial charge in [-0.1, -0.05) is 6.07 Å². The quantitative estimate of drug-likeness (QED) is 0.723. The van der Waals surface area contributed by atoms with Gasteiger partial charge in [-0.15, -0.1) is 32.9 Å². The van der Waals surface area contributed by atoms with Gasteiger partial charge in [0.1, 0.15) is 4.21 Å². The molecule has 120 valence electrons. The number of sulfonamides is 1. The molecule has 4 rings (SSSR count). The SMILES string of the molecule is O=S(=O)(NCc1cccs1)c1ccc(-c2nnc(C3CC3)o2)s1. The Morgan fingerprint density at radius 3 is 2.87 bits per heavy atom. The predicted octanol–water partition coefficient (Wildman–Crippen LogP) is 3.22. The Labute approximate surface area is 141 Å². The third-order valence-corrected chi connectivity index (χ3v) is 7.28. The Kier molecular flexibility index (Phi) is 3.80. The zero-order valence-electron chi connectivity index (χ0n) is 11.9. The highest BCUT2D eigenvalue weighted by Gasteiger charge is 2.30. The van der Waals surface area contributed by atoms with Gasteiger partial charge in [-0.05, 0) is 36.4 Å². The van der Waals surface area contributed by atoms with E-state index < -0.39 is 10.0 Å². The van der Waals surface area contributed by atoms with Crippen LogP contribution in [0.5, 0.6) is 0 Å². The van der Waals surface area contributed by atoms with Crippen molar-refractivity contribution in [1.29, 1.82) is 0 Å². The van der Waals surface area contributed by atoms with E-state index in [2.05, 4.69) is 14.9 Å². The molecule has 3 heterocycles. The number of nitrogens with zero attached hydrogens (tertiary/aromatic N) is 2. The zero-order chi connectivity index (χ0) is 15.9. The minimum atomic E-state index is -3.54. The predicted molar refractivity (Wildman–Crippen MR) is 87.9 cm³/mol. The maximum absolute atomic E-state index is 12.3. The molecule has 0 atom stereocenters. The molecule has 0 radical (unpaired) electrons. The van der Waals surface area contributed by atoms with E-state index in [-0.39, 0.29) is 4.21 Å². The molecule has 0 aromatic carbocycles. The number of hydrogen-bond acceptors (Lipinski definition) is 7. The zero-order valence-corrected chi connectivity index (χ0v) is 14.4. The Morgan fingerprint density at radius 1 is 1.26 bits per heavy atom. The van der Waals surface area contributed by atoms with Gasteiger partial charge in [0, 0.05) is 17.3 Å². The van der Waals surface area contributed by atoms with Crippen LogP contribution in [0, 0.1) is 0 Å². The van der Waals surface area contributed by atoms with E-state index in [0.717, 1.165) is 29.1 Å². The molecule has 0 aliphatic heterocycles. The fourth-order valence-corrected chi connectivity index (χ4v) is 5.07. The van der Waals surface area contributed by atoms with Crippen LogP contribution in [0.2, 0.25) is 0 Å². The van der Waals surface area contributed by atoms with Crippen LogP contribution < -0.4 is 4.72 Å². The highest BCUT2D eigenvalue weighted by atomic mass is 32.2. The molecule has 0 bridgehead atoms. The molecule has 6 nitrogen and oxygen atoms in total. The molecule has 3 aromatic heterocycles. The van der Waals surface area contributed by atoms with Crippen molar-refractivity contribution in [3.8, 4) is 10.8 Å². The van der Waals surface area contributed by atoms with E-state index in [1.54, 1.807) is 12.1 Å². The molecule has 9 heteroatoms. The Morgan fingerprint density at radius 2 is 2.13 bits per heavy atom. The van der Waals surface area contributed by atoms with Crippen LogP contribution in [0.3, 0.4) is 0 Å². The number of nitrogens with one attached hydrogen (secondary N) is 1. The lowest BCUT2D eigenvalue weighted by molar-refractivity contribution is 0.509. The number of thiophene rings is 2. The standard InChI is InChI=1S/C14H13N3O3S3/c18-23(19,15-8-10-2-1-7-21-10)12-6-5-11(22-12)14-17-16-13(20-14)9-3-4-9/h1-2,5-7,9,15H,3-4,8H2. The summed E-state index contributed by atoms with van der Waals surface area (Å²) in [4.78, 5) is 1.64. The molecule has 1 N–H and O–H groups in total. The second kappa shape index (κ2) is 5.82. The normalized spacial score (nSPS) is 15.1. The fraction of sp³-hybridized carbons (Fsp3) is 0.286. The summed E-state index contributed by atoms with van der Waals surface area (Å²) in [5.74, 6) is 1.41. The fourth-order valence-electron chi connectivity index (χ4n) is 2.06. The van der Waals surface area contributed by atoms with Crippen molar-refractivity contribution in [3.63, 3.8) is 0 Å². The Hall–Kier alpha value is -1.55. The monoisotopic (exact) mass is 367 g/mol. The smallest absolute Gasteiger partial charge is 0.257 e. The van der Waals surface area contributed by atoms with Gasteiger partial charge in [-0.3, -0.25) is 0 Å². The Bertz CT molecular complexity index is 908. The molecule has 1 saturated carbocycles. The van der Waals surface area contributed by atoms with Crippen molar-refractivity contribution in [2.75, 3.05) is 0 Å². The topological polar surface area (TPSA) is 85.1 Å². The molecular weight excluding hydrogens is 354 g/mol. The summed E-state index contributed by atoms with van der Waals surface area (Å²) >= 11 is 2.65. The molecule has 0 spiro atoms. The first kappa shape index (κ1) is 15.0. The molecule has 1 aliphatic carbocycles. The summed E-state index contributed by atoms with van der Waals surface area (Å²) in [5.41, 5.74) is 0. The van der Waals surface area contributed by atoms with E-state index in [9.17, 15) is 8.42 Å². The maximum Gasteiger partial charge on any atom is 0.257 e. The summed E-state index contributed by atoms with van der Waals surface area (Å²) in [6.45, 7) is 0.291. The summed E-state index contributed by atoms with van der Waals surface area (Å²) in [7, 11) is -3.54. The third kappa shape index (κ3) is 3.23. The van der Waals surface area contributed by atoms with E-state index in [0.29, 0.717) is 29.1 Å². The minimum Gasteiger partial charge on any atom is -0.420 e. The first-order chi connectivity index (χ1) is 11.1. The highest BCUT2D eigenvalue weighted by Crippen LogP contribution is 2.40.